The molecule has 1 aromatic heterocycles. The standard InChI is InChI=1S/C13H12N2O3/c1-15(11-6-3-7-14-11)12(16)9-4-2-5-10(8-9)13(17)18/h2-8,14H,1H3,(H,17,18). The molecule has 18 heavy (non-hydrogen) atoms. The van der Waals surface area contributed by atoms with Crippen LogP contribution in [0.3, 0.4) is 0 Å². The van der Waals surface area contributed by atoms with Gasteiger partial charge in [0.2, 0.25) is 0 Å². The van der Waals surface area contributed by atoms with Crippen LogP contribution in [-0.2, 0) is 0 Å². The van der Waals surface area contributed by atoms with Gasteiger partial charge in [0.1, 0.15) is 5.82 Å². The number of amides is 1. The van der Waals surface area contributed by atoms with Crippen LogP contribution in [0.25, 0.3) is 0 Å². The molecule has 1 amide bonds. The maximum atomic E-state index is 12.1. The van der Waals surface area contributed by atoms with E-state index in [1.54, 1.807) is 37.5 Å². The normalized spacial score (nSPS) is 10.1. The summed E-state index contributed by atoms with van der Waals surface area (Å²) in [6.45, 7) is 0. The van der Waals surface area contributed by atoms with Gasteiger partial charge in [-0.3, -0.25) is 9.69 Å². The number of aromatic amines is 1. The van der Waals surface area contributed by atoms with Gasteiger partial charge in [-0.2, -0.15) is 0 Å². The summed E-state index contributed by atoms with van der Waals surface area (Å²) in [6.07, 6.45) is 1.72. The number of hydrogen-bond acceptors (Lipinski definition) is 2. The molecular weight excluding hydrogens is 232 g/mol. The Balaban J connectivity index is 2.29. The number of nitrogens with one attached hydrogen (secondary N) is 1. The number of carbonyl (C=O) groups is 2. The summed E-state index contributed by atoms with van der Waals surface area (Å²) < 4.78 is 0. The molecule has 2 rings (SSSR count). The number of anilines is 1. The van der Waals surface area contributed by atoms with Gasteiger partial charge >= 0.3 is 5.97 Å². The first kappa shape index (κ1) is 11.9. The number of H-pyrrole nitrogens is 1. The van der Waals surface area contributed by atoms with Crippen molar-refractivity contribution in [3.05, 3.63) is 53.7 Å². The Kier molecular flexibility index (Phi) is 3.14. The van der Waals surface area contributed by atoms with Gasteiger partial charge in [0.25, 0.3) is 5.91 Å². The minimum Gasteiger partial charge on any atom is -0.478 e. The zero-order chi connectivity index (χ0) is 13.1. The van der Waals surface area contributed by atoms with Crippen LogP contribution in [0.5, 0.6) is 0 Å². The fourth-order valence-electron chi connectivity index (χ4n) is 1.62. The number of carbonyl (C=O) groups excluding carboxylic acids is 1. The summed E-state index contributed by atoms with van der Waals surface area (Å²) in [5.41, 5.74) is 0.438. The summed E-state index contributed by atoms with van der Waals surface area (Å²) in [6, 6.07) is 9.51. The topological polar surface area (TPSA) is 73.4 Å². The third kappa shape index (κ3) is 2.24. The second kappa shape index (κ2) is 4.75. The van der Waals surface area contributed by atoms with E-state index in [4.69, 9.17) is 5.11 Å². The molecule has 0 aliphatic rings. The molecule has 0 saturated carbocycles. The van der Waals surface area contributed by atoms with Crippen LogP contribution < -0.4 is 4.90 Å². The van der Waals surface area contributed by atoms with Crippen molar-refractivity contribution in [3.63, 3.8) is 0 Å². The first-order valence-corrected chi connectivity index (χ1v) is 5.34. The molecule has 1 heterocycles. The Hall–Kier alpha value is -2.56. The summed E-state index contributed by atoms with van der Waals surface area (Å²) in [4.78, 5) is 27.3. The average molecular weight is 244 g/mol. The summed E-state index contributed by atoms with van der Waals surface area (Å²) in [5.74, 6) is -0.659. The maximum Gasteiger partial charge on any atom is 0.335 e. The molecule has 0 fully saturated rings. The number of hydrogen-bond donors (Lipinski definition) is 2. The fourth-order valence-corrected chi connectivity index (χ4v) is 1.62. The van der Waals surface area contributed by atoms with Crippen LogP contribution in [0, 0.1) is 0 Å². The molecule has 0 radical (unpaired) electrons. The molecular formula is C13H12N2O3. The zero-order valence-electron chi connectivity index (χ0n) is 9.75. The molecule has 1 aromatic carbocycles. The summed E-state index contributed by atoms with van der Waals surface area (Å²) >= 11 is 0. The van der Waals surface area contributed by atoms with Crippen molar-refractivity contribution in [3.8, 4) is 0 Å². The highest BCUT2D eigenvalue weighted by molar-refractivity contribution is 6.06. The van der Waals surface area contributed by atoms with E-state index in [1.807, 2.05) is 0 Å². The number of benzene rings is 1. The highest BCUT2D eigenvalue weighted by Gasteiger charge is 2.15. The second-order valence-electron chi connectivity index (χ2n) is 3.81. The van der Waals surface area contributed by atoms with Crippen molar-refractivity contribution < 1.29 is 14.7 Å². The Morgan fingerprint density at radius 2 is 1.89 bits per heavy atom. The van der Waals surface area contributed by atoms with Gasteiger partial charge in [-0.25, -0.2) is 4.79 Å². The number of carboxylic acid groups (broad SMARTS) is 1. The van der Waals surface area contributed by atoms with E-state index < -0.39 is 5.97 Å². The van der Waals surface area contributed by atoms with Crippen LogP contribution in [0.2, 0.25) is 0 Å². The van der Waals surface area contributed by atoms with Crippen molar-refractivity contribution in [2.45, 2.75) is 0 Å². The summed E-state index contributed by atoms with van der Waals surface area (Å²) in [5, 5.41) is 8.88. The van der Waals surface area contributed by atoms with E-state index in [0.717, 1.165) is 0 Å². The molecule has 0 bridgehead atoms. The second-order valence-corrected chi connectivity index (χ2v) is 3.81. The van der Waals surface area contributed by atoms with Gasteiger partial charge in [-0.1, -0.05) is 6.07 Å². The number of aromatic carboxylic acids is 1. The van der Waals surface area contributed by atoms with Gasteiger partial charge in [-0.15, -0.1) is 0 Å². The minimum atomic E-state index is -1.05. The van der Waals surface area contributed by atoms with E-state index in [-0.39, 0.29) is 11.5 Å². The Bertz CT molecular complexity index is 576. The lowest BCUT2D eigenvalue weighted by molar-refractivity contribution is 0.0697. The van der Waals surface area contributed by atoms with Crippen molar-refractivity contribution in [2.75, 3.05) is 11.9 Å². The van der Waals surface area contributed by atoms with Gasteiger partial charge in [0, 0.05) is 18.8 Å². The van der Waals surface area contributed by atoms with Crippen molar-refractivity contribution in [2.24, 2.45) is 0 Å². The smallest absolute Gasteiger partial charge is 0.335 e. The lowest BCUT2D eigenvalue weighted by atomic mass is 10.1. The quantitative estimate of drug-likeness (QED) is 0.867. The highest BCUT2D eigenvalue weighted by Crippen LogP contribution is 2.13. The molecule has 0 aliphatic carbocycles. The molecule has 0 spiro atoms. The van der Waals surface area contributed by atoms with Crippen LogP contribution in [0.15, 0.2) is 42.6 Å². The molecule has 92 valence electrons. The van der Waals surface area contributed by atoms with E-state index in [9.17, 15) is 9.59 Å². The molecule has 0 aliphatic heterocycles. The molecule has 5 nitrogen and oxygen atoms in total. The van der Waals surface area contributed by atoms with Gasteiger partial charge in [0.15, 0.2) is 0 Å². The lowest BCUT2D eigenvalue weighted by Gasteiger charge is -2.15. The number of nitrogens with zero attached hydrogens (tertiary/aromatic N) is 1. The van der Waals surface area contributed by atoms with E-state index in [2.05, 4.69) is 4.98 Å². The number of carboxylic acids is 1. The highest BCUT2D eigenvalue weighted by atomic mass is 16.4. The molecule has 0 atom stereocenters. The van der Waals surface area contributed by atoms with Crippen molar-refractivity contribution >= 4 is 17.7 Å². The van der Waals surface area contributed by atoms with E-state index in [1.165, 1.54) is 17.0 Å². The minimum absolute atomic E-state index is 0.0979. The largest absolute Gasteiger partial charge is 0.478 e. The SMILES string of the molecule is CN(C(=O)c1cccc(C(=O)O)c1)c1ccc[nH]1. The molecule has 2 N–H and O–H groups in total. The van der Waals surface area contributed by atoms with E-state index >= 15 is 0 Å². The predicted octanol–water partition coefficient (Wildman–Crippen LogP) is 1.99. The number of rotatable bonds is 3. The van der Waals surface area contributed by atoms with Crippen LogP contribution >= 0.6 is 0 Å². The van der Waals surface area contributed by atoms with E-state index in [0.29, 0.717) is 11.4 Å². The number of aromatic nitrogens is 1. The first-order chi connectivity index (χ1) is 8.59. The van der Waals surface area contributed by atoms with Crippen LogP contribution in [-0.4, -0.2) is 29.0 Å². The summed E-state index contributed by atoms with van der Waals surface area (Å²) in [7, 11) is 1.63. The molecule has 2 aromatic rings. The third-order valence-corrected chi connectivity index (χ3v) is 2.60. The Morgan fingerprint density at radius 1 is 1.17 bits per heavy atom. The van der Waals surface area contributed by atoms with Crippen molar-refractivity contribution in [1.29, 1.82) is 0 Å². The Morgan fingerprint density at radius 3 is 2.50 bits per heavy atom. The van der Waals surface area contributed by atoms with Gasteiger partial charge in [-0.05, 0) is 30.3 Å². The maximum absolute atomic E-state index is 12.1. The van der Waals surface area contributed by atoms with Crippen molar-refractivity contribution in [1.82, 2.24) is 4.98 Å². The molecule has 0 unspecified atom stereocenters. The third-order valence-electron chi connectivity index (χ3n) is 2.60. The van der Waals surface area contributed by atoms with Crippen LogP contribution in [0.4, 0.5) is 5.82 Å². The fraction of sp³-hybridized carbons (Fsp3) is 0.0769. The molecule has 5 heteroatoms. The van der Waals surface area contributed by atoms with Gasteiger partial charge < -0.3 is 10.1 Å². The molecule has 0 saturated heterocycles. The lowest BCUT2D eigenvalue weighted by Crippen LogP contribution is -2.26. The monoisotopic (exact) mass is 244 g/mol. The predicted molar refractivity (Wildman–Crippen MR) is 66.9 cm³/mol. The van der Waals surface area contributed by atoms with Crippen LogP contribution in [0.1, 0.15) is 20.7 Å². The zero-order valence-corrected chi connectivity index (χ0v) is 9.75. The average Bonchev–Trinajstić information content (AvgIpc) is 2.91. The first-order valence-electron chi connectivity index (χ1n) is 5.34. The van der Waals surface area contributed by atoms with Gasteiger partial charge in [0.05, 0.1) is 5.56 Å². The Labute approximate surface area is 104 Å².